The molecule has 1 saturated heterocycles. The number of carbonyl (C=O) groups is 1. The highest BCUT2D eigenvalue weighted by atomic mass is 32.2. The van der Waals surface area contributed by atoms with Gasteiger partial charge in [-0.1, -0.05) is 12.1 Å². The molecule has 0 aliphatic carbocycles. The number of hydrogen-bond donors (Lipinski definition) is 0. The molecular formula is C16H14N4OS. The molecule has 1 atom stereocenters. The zero-order valence-corrected chi connectivity index (χ0v) is 12.9. The highest BCUT2D eigenvalue weighted by molar-refractivity contribution is 8.00. The Hall–Kier alpha value is -2.39. The van der Waals surface area contributed by atoms with Crippen LogP contribution in [0.4, 0.5) is 0 Å². The van der Waals surface area contributed by atoms with Crippen LogP contribution in [0, 0.1) is 18.3 Å². The minimum absolute atomic E-state index is 0.0386. The van der Waals surface area contributed by atoms with Crippen molar-refractivity contribution in [3.8, 4) is 6.07 Å². The minimum Gasteiger partial charge on any atom is -0.320 e. The number of carbonyl (C=O) groups excluding carboxylic acids is 1. The molecule has 1 aromatic carbocycles. The Morgan fingerprint density at radius 3 is 2.73 bits per heavy atom. The van der Waals surface area contributed by atoms with E-state index in [0.717, 1.165) is 17.0 Å². The first-order chi connectivity index (χ1) is 10.7. The molecule has 2 heterocycles. The number of thioether (sulfide) groups is 1. The molecule has 6 heteroatoms. The molecule has 1 amide bonds. The van der Waals surface area contributed by atoms with Crippen molar-refractivity contribution in [3.05, 3.63) is 59.2 Å². The molecule has 1 fully saturated rings. The summed E-state index contributed by atoms with van der Waals surface area (Å²) in [4.78, 5) is 22.5. The van der Waals surface area contributed by atoms with Crippen molar-refractivity contribution in [1.29, 1.82) is 5.26 Å². The lowest BCUT2D eigenvalue weighted by molar-refractivity contribution is -0.128. The van der Waals surface area contributed by atoms with Gasteiger partial charge in [0, 0.05) is 6.20 Å². The zero-order chi connectivity index (χ0) is 15.5. The van der Waals surface area contributed by atoms with E-state index in [2.05, 4.69) is 16.0 Å². The minimum atomic E-state index is -0.0386. The van der Waals surface area contributed by atoms with Gasteiger partial charge in [-0.15, -0.1) is 11.8 Å². The summed E-state index contributed by atoms with van der Waals surface area (Å²) in [5, 5.41) is 8.83. The Labute approximate surface area is 133 Å². The van der Waals surface area contributed by atoms with Crippen molar-refractivity contribution in [2.45, 2.75) is 18.8 Å². The van der Waals surface area contributed by atoms with Crippen LogP contribution in [-0.2, 0) is 11.3 Å². The quantitative estimate of drug-likeness (QED) is 0.871. The third kappa shape index (κ3) is 2.95. The number of aromatic nitrogens is 2. The summed E-state index contributed by atoms with van der Waals surface area (Å²) in [7, 11) is 0. The Morgan fingerprint density at radius 1 is 1.32 bits per heavy atom. The predicted octanol–water partition coefficient (Wildman–Crippen LogP) is 2.43. The first kappa shape index (κ1) is 14.5. The molecule has 1 aliphatic heterocycles. The molecular weight excluding hydrogens is 296 g/mol. The van der Waals surface area contributed by atoms with E-state index in [4.69, 9.17) is 5.26 Å². The number of rotatable bonds is 3. The van der Waals surface area contributed by atoms with Crippen LogP contribution in [-0.4, -0.2) is 26.5 Å². The molecule has 110 valence electrons. The highest BCUT2D eigenvalue weighted by Gasteiger charge is 2.33. The normalized spacial score (nSPS) is 17.5. The SMILES string of the molecule is Cc1cnc(CN2C(=O)CSC2c2ccc(C#N)cc2)cn1. The molecule has 1 aliphatic rings. The van der Waals surface area contributed by atoms with Crippen molar-refractivity contribution in [1.82, 2.24) is 14.9 Å². The fourth-order valence-electron chi connectivity index (χ4n) is 2.30. The van der Waals surface area contributed by atoms with Gasteiger partial charge < -0.3 is 4.90 Å². The van der Waals surface area contributed by atoms with Crippen LogP contribution in [0.2, 0.25) is 0 Å². The van der Waals surface area contributed by atoms with Crippen LogP contribution in [0.25, 0.3) is 0 Å². The molecule has 1 unspecified atom stereocenters. The maximum Gasteiger partial charge on any atom is 0.234 e. The van der Waals surface area contributed by atoms with Gasteiger partial charge in [0.05, 0.1) is 41.5 Å². The Bertz CT molecular complexity index is 721. The van der Waals surface area contributed by atoms with Crippen molar-refractivity contribution in [3.63, 3.8) is 0 Å². The van der Waals surface area contributed by atoms with Crippen LogP contribution in [0.5, 0.6) is 0 Å². The maximum atomic E-state index is 12.2. The van der Waals surface area contributed by atoms with E-state index in [0.29, 0.717) is 17.9 Å². The first-order valence-corrected chi connectivity index (χ1v) is 7.91. The van der Waals surface area contributed by atoms with E-state index in [1.165, 1.54) is 0 Å². The van der Waals surface area contributed by atoms with Crippen molar-refractivity contribution in [2.24, 2.45) is 0 Å². The van der Waals surface area contributed by atoms with Crippen LogP contribution >= 0.6 is 11.8 Å². The molecule has 0 N–H and O–H groups in total. The molecule has 1 aromatic heterocycles. The van der Waals surface area contributed by atoms with E-state index in [1.54, 1.807) is 36.3 Å². The van der Waals surface area contributed by atoms with E-state index < -0.39 is 0 Å². The smallest absolute Gasteiger partial charge is 0.234 e. The third-order valence-corrected chi connectivity index (χ3v) is 4.72. The molecule has 3 rings (SSSR count). The lowest BCUT2D eigenvalue weighted by Gasteiger charge is -2.23. The van der Waals surface area contributed by atoms with Gasteiger partial charge in [-0.3, -0.25) is 14.8 Å². The Balaban J connectivity index is 1.82. The van der Waals surface area contributed by atoms with Gasteiger partial charge in [-0.05, 0) is 24.6 Å². The monoisotopic (exact) mass is 310 g/mol. The number of nitrogens with zero attached hydrogens (tertiary/aromatic N) is 4. The highest BCUT2D eigenvalue weighted by Crippen LogP contribution is 2.39. The molecule has 0 radical (unpaired) electrons. The van der Waals surface area contributed by atoms with Crippen LogP contribution in [0.15, 0.2) is 36.7 Å². The van der Waals surface area contributed by atoms with Gasteiger partial charge >= 0.3 is 0 Å². The summed E-state index contributed by atoms with van der Waals surface area (Å²) in [5.74, 6) is 0.561. The largest absolute Gasteiger partial charge is 0.320 e. The second-order valence-electron chi connectivity index (χ2n) is 5.07. The average molecular weight is 310 g/mol. The standard InChI is InChI=1S/C16H14N4OS/c1-11-7-19-14(8-18-11)9-20-15(21)10-22-16(20)13-4-2-12(6-17)3-5-13/h2-5,7-8,16H,9-10H2,1H3. The van der Waals surface area contributed by atoms with E-state index in [9.17, 15) is 4.79 Å². The molecule has 0 spiro atoms. The molecule has 2 aromatic rings. The lowest BCUT2D eigenvalue weighted by atomic mass is 10.1. The average Bonchev–Trinajstić information content (AvgIpc) is 2.91. The van der Waals surface area contributed by atoms with E-state index >= 15 is 0 Å². The van der Waals surface area contributed by atoms with Gasteiger partial charge in [-0.25, -0.2) is 0 Å². The van der Waals surface area contributed by atoms with Crippen molar-refractivity contribution >= 4 is 17.7 Å². The Morgan fingerprint density at radius 2 is 2.09 bits per heavy atom. The Kier molecular flexibility index (Phi) is 4.07. The summed E-state index contributed by atoms with van der Waals surface area (Å²) >= 11 is 1.59. The maximum absolute atomic E-state index is 12.2. The predicted molar refractivity (Wildman–Crippen MR) is 83.7 cm³/mol. The summed E-state index contributed by atoms with van der Waals surface area (Å²) in [6.45, 7) is 2.33. The molecule has 0 saturated carbocycles. The fourth-order valence-corrected chi connectivity index (χ4v) is 3.49. The van der Waals surface area contributed by atoms with Gasteiger partial charge in [0.15, 0.2) is 0 Å². The lowest BCUT2D eigenvalue weighted by Crippen LogP contribution is -2.28. The summed E-state index contributed by atoms with van der Waals surface area (Å²) in [6, 6.07) is 9.48. The van der Waals surface area contributed by atoms with Gasteiger partial charge in [0.2, 0.25) is 5.91 Å². The fraction of sp³-hybridized carbons (Fsp3) is 0.250. The van der Waals surface area contributed by atoms with E-state index in [1.807, 2.05) is 24.0 Å². The molecule has 0 bridgehead atoms. The zero-order valence-electron chi connectivity index (χ0n) is 12.1. The topological polar surface area (TPSA) is 69.9 Å². The summed E-state index contributed by atoms with van der Waals surface area (Å²) < 4.78 is 0. The van der Waals surface area contributed by atoms with Gasteiger partial charge in [-0.2, -0.15) is 5.26 Å². The molecule has 22 heavy (non-hydrogen) atoms. The second kappa shape index (κ2) is 6.16. The first-order valence-electron chi connectivity index (χ1n) is 6.86. The number of aryl methyl sites for hydroxylation is 1. The summed E-state index contributed by atoms with van der Waals surface area (Å²) in [6.07, 6.45) is 3.42. The number of hydrogen-bond acceptors (Lipinski definition) is 5. The van der Waals surface area contributed by atoms with Crippen LogP contribution in [0.3, 0.4) is 0 Å². The number of benzene rings is 1. The number of nitriles is 1. The van der Waals surface area contributed by atoms with Gasteiger partial charge in [0.25, 0.3) is 0 Å². The van der Waals surface area contributed by atoms with Crippen molar-refractivity contribution < 1.29 is 4.79 Å². The van der Waals surface area contributed by atoms with Gasteiger partial charge in [0.1, 0.15) is 5.37 Å². The van der Waals surface area contributed by atoms with E-state index in [-0.39, 0.29) is 11.3 Å². The van der Waals surface area contributed by atoms with Crippen LogP contribution in [0.1, 0.15) is 27.9 Å². The second-order valence-corrected chi connectivity index (χ2v) is 6.14. The van der Waals surface area contributed by atoms with Crippen molar-refractivity contribution in [2.75, 3.05) is 5.75 Å². The number of amides is 1. The van der Waals surface area contributed by atoms with Crippen LogP contribution < -0.4 is 0 Å². The third-order valence-electron chi connectivity index (χ3n) is 3.46. The molecule has 5 nitrogen and oxygen atoms in total. The summed E-state index contributed by atoms with van der Waals surface area (Å²) in [5.41, 5.74) is 3.28.